The van der Waals surface area contributed by atoms with Gasteiger partial charge in [-0.05, 0) is 0 Å². The van der Waals surface area contributed by atoms with Crippen molar-refractivity contribution in [1.29, 1.82) is 0 Å². The zero-order chi connectivity index (χ0) is 10.2. The molecule has 0 amide bonds. The lowest BCUT2D eigenvalue weighted by Crippen LogP contribution is -1.99. The summed E-state index contributed by atoms with van der Waals surface area (Å²) in [4.78, 5) is 8.88. The van der Waals surface area contributed by atoms with E-state index >= 15 is 0 Å². The molecule has 0 aliphatic carbocycles. The van der Waals surface area contributed by atoms with Crippen LogP contribution in [0.25, 0.3) is 0 Å². The van der Waals surface area contributed by atoms with Gasteiger partial charge in [-0.1, -0.05) is 11.6 Å². The molecule has 0 bridgehead atoms. The normalized spacial score (nSPS) is 10.2. The van der Waals surface area contributed by atoms with Crippen molar-refractivity contribution in [2.24, 2.45) is 0 Å². The molecule has 0 heterocycles. The van der Waals surface area contributed by atoms with Crippen LogP contribution in [-0.4, -0.2) is 4.92 Å². The van der Waals surface area contributed by atoms with Gasteiger partial charge in [-0.3, -0.25) is 10.1 Å². The molecule has 1 aromatic rings. The molecule has 0 spiro atoms. The Morgan fingerprint density at radius 2 is 1.85 bits per heavy atom. The van der Waals surface area contributed by atoms with Crippen molar-refractivity contribution in [3.05, 3.63) is 38.7 Å². The van der Waals surface area contributed by atoms with Crippen molar-refractivity contribution in [2.45, 2.75) is 0 Å². The lowest BCUT2D eigenvalue weighted by molar-refractivity contribution is -0.387. The number of hydrogen-bond donors (Lipinski definition) is 0. The Morgan fingerprint density at radius 1 is 1.31 bits per heavy atom. The second kappa shape index (κ2) is 3.21. The highest BCUT2D eigenvalue weighted by Gasteiger charge is 2.26. The van der Waals surface area contributed by atoms with E-state index in [1.165, 1.54) is 0 Å². The van der Waals surface area contributed by atoms with Crippen LogP contribution in [0.2, 0.25) is 5.02 Å². The number of hydrogen-bond acceptors (Lipinski definition) is 2. The molecule has 0 aliphatic rings. The highest BCUT2D eigenvalue weighted by atomic mass is 35.5. The predicted octanol–water partition coefficient (Wildman–Crippen LogP) is 2.67. The van der Waals surface area contributed by atoms with Crippen LogP contribution in [0.15, 0.2) is 6.07 Å². The molecule has 13 heavy (non-hydrogen) atoms. The van der Waals surface area contributed by atoms with Crippen molar-refractivity contribution in [1.82, 2.24) is 0 Å². The Kier molecular flexibility index (Phi) is 2.42. The third-order valence-corrected chi connectivity index (χ3v) is 1.56. The summed E-state index contributed by atoms with van der Waals surface area (Å²) in [7, 11) is 0. The van der Waals surface area contributed by atoms with Gasteiger partial charge in [0.05, 0.1) is 4.92 Å². The van der Waals surface area contributed by atoms with Gasteiger partial charge in [0.2, 0.25) is 11.6 Å². The van der Waals surface area contributed by atoms with Gasteiger partial charge in [0.1, 0.15) is 5.02 Å². The quantitative estimate of drug-likeness (QED) is 0.310. The first-order valence-electron chi connectivity index (χ1n) is 2.92. The van der Waals surface area contributed by atoms with E-state index in [2.05, 4.69) is 0 Å². The van der Waals surface area contributed by atoms with Crippen LogP contribution in [-0.2, 0) is 0 Å². The van der Waals surface area contributed by atoms with Crippen LogP contribution in [0.3, 0.4) is 0 Å². The van der Waals surface area contributed by atoms with Gasteiger partial charge in [-0.25, -0.2) is 8.78 Å². The van der Waals surface area contributed by atoms with E-state index in [9.17, 15) is 23.3 Å². The third-order valence-electron chi connectivity index (χ3n) is 1.27. The van der Waals surface area contributed by atoms with E-state index in [4.69, 9.17) is 11.6 Å². The molecular weight excluding hydrogens is 211 g/mol. The Balaban J connectivity index is 3.53. The third kappa shape index (κ3) is 1.57. The molecule has 0 unspecified atom stereocenters. The number of nitrogens with zero attached hydrogens (tertiary/aromatic N) is 1. The molecule has 7 heteroatoms. The smallest absolute Gasteiger partial charge is 0.258 e. The summed E-state index contributed by atoms with van der Waals surface area (Å²) in [6, 6.07) is 0.345. The molecule has 1 rings (SSSR count). The SMILES string of the molecule is O=[N+]([O-])c1c(Cl)cc(F)c(F)c1F. The molecule has 1 aromatic carbocycles. The fourth-order valence-corrected chi connectivity index (χ4v) is 0.972. The standard InChI is InChI=1S/C6HClF3NO2/c7-2-1-3(8)4(9)5(10)6(2)11(12)13/h1H. The molecule has 0 aliphatic heterocycles. The van der Waals surface area contributed by atoms with Gasteiger partial charge < -0.3 is 0 Å². The summed E-state index contributed by atoms with van der Waals surface area (Å²) >= 11 is 5.11. The van der Waals surface area contributed by atoms with Crippen LogP contribution in [0.5, 0.6) is 0 Å². The highest BCUT2D eigenvalue weighted by molar-refractivity contribution is 6.32. The molecule has 70 valence electrons. The molecule has 0 atom stereocenters. The van der Waals surface area contributed by atoms with E-state index in [0.717, 1.165) is 0 Å². The molecule has 0 aromatic heterocycles. The van der Waals surface area contributed by atoms with Crippen LogP contribution >= 0.6 is 11.6 Å². The number of rotatable bonds is 1. The van der Waals surface area contributed by atoms with Crippen LogP contribution in [0.4, 0.5) is 18.9 Å². The van der Waals surface area contributed by atoms with Crippen molar-refractivity contribution < 1.29 is 18.1 Å². The van der Waals surface area contributed by atoms with E-state index in [-0.39, 0.29) is 0 Å². The summed E-state index contributed by atoms with van der Waals surface area (Å²) < 4.78 is 37.4. The summed E-state index contributed by atoms with van der Waals surface area (Å²) in [6.07, 6.45) is 0. The van der Waals surface area contributed by atoms with Gasteiger partial charge in [0.15, 0.2) is 5.82 Å². The highest BCUT2D eigenvalue weighted by Crippen LogP contribution is 2.30. The van der Waals surface area contributed by atoms with Crippen molar-refractivity contribution in [3.8, 4) is 0 Å². The van der Waals surface area contributed by atoms with Crippen LogP contribution in [0, 0.1) is 27.6 Å². The average molecular weight is 212 g/mol. The lowest BCUT2D eigenvalue weighted by atomic mass is 10.3. The lowest BCUT2D eigenvalue weighted by Gasteiger charge is -1.98. The molecule has 0 N–H and O–H groups in total. The Morgan fingerprint density at radius 3 is 2.31 bits per heavy atom. The Bertz CT molecular complexity index is 383. The Labute approximate surface area is 74.9 Å². The fourth-order valence-electron chi connectivity index (χ4n) is 0.724. The first-order valence-corrected chi connectivity index (χ1v) is 3.30. The molecule has 0 radical (unpaired) electrons. The maximum atomic E-state index is 12.6. The maximum absolute atomic E-state index is 12.6. The van der Waals surface area contributed by atoms with E-state index in [0.29, 0.717) is 6.07 Å². The van der Waals surface area contributed by atoms with Gasteiger partial charge in [0, 0.05) is 6.07 Å². The van der Waals surface area contributed by atoms with Crippen molar-refractivity contribution >= 4 is 17.3 Å². The minimum absolute atomic E-state index is 0.345. The van der Waals surface area contributed by atoms with Crippen molar-refractivity contribution in [3.63, 3.8) is 0 Å². The summed E-state index contributed by atoms with van der Waals surface area (Å²) in [5.74, 6) is -5.36. The van der Waals surface area contributed by atoms with Crippen LogP contribution < -0.4 is 0 Å². The Hall–Kier alpha value is -1.30. The van der Waals surface area contributed by atoms with E-state index < -0.39 is 33.1 Å². The molecule has 0 saturated heterocycles. The van der Waals surface area contributed by atoms with E-state index in [1.54, 1.807) is 0 Å². The number of halogens is 4. The molecular formula is C6HClF3NO2. The molecule has 3 nitrogen and oxygen atoms in total. The van der Waals surface area contributed by atoms with Gasteiger partial charge in [0.25, 0.3) is 0 Å². The van der Waals surface area contributed by atoms with E-state index in [1.807, 2.05) is 0 Å². The van der Waals surface area contributed by atoms with Crippen LogP contribution in [0.1, 0.15) is 0 Å². The van der Waals surface area contributed by atoms with Crippen molar-refractivity contribution in [2.75, 3.05) is 0 Å². The summed E-state index contributed by atoms with van der Waals surface area (Å²) in [6.45, 7) is 0. The first-order chi connectivity index (χ1) is 5.95. The predicted molar refractivity (Wildman–Crippen MR) is 38.0 cm³/mol. The second-order valence-corrected chi connectivity index (χ2v) is 2.48. The topological polar surface area (TPSA) is 43.1 Å². The maximum Gasteiger partial charge on any atom is 0.326 e. The zero-order valence-electron chi connectivity index (χ0n) is 5.85. The fraction of sp³-hybridized carbons (Fsp3) is 0. The zero-order valence-corrected chi connectivity index (χ0v) is 6.61. The summed E-state index contributed by atoms with van der Waals surface area (Å²) in [5, 5.41) is 9.32. The minimum Gasteiger partial charge on any atom is -0.258 e. The largest absolute Gasteiger partial charge is 0.326 e. The minimum atomic E-state index is -1.91. The van der Waals surface area contributed by atoms with Gasteiger partial charge in [-0.15, -0.1) is 0 Å². The summed E-state index contributed by atoms with van der Waals surface area (Å²) in [5.41, 5.74) is -1.26. The number of nitro groups is 1. The monoisotopic (exact) mass is 211 g/mol. The first kappa shape index (κ1) is 9.79. The second-order valence-electron chi connectivity index (χ2n) is 2.07. The molecule has 0 fully saturated rings. The number of benzene rings is 1. The number of nitro benzene ring substituents is 1. The average Bonchev–Trinajstić information content (AvgIpc) is 1.99. The van der Waals surface area contributed by atoms with Gasteiger partial charge >= 0.3 is 5.69 Å². The van der Waals surface area contributed by atoms with Gasteiger partial charge in [-0.2, -0.15) is 4.39 Å². The molecule has 0 saturated carbocycles.